The largest absolute Gasteiger partial charge is 0.346 e. The van der Waals surface area contributed by atoms with Crippen molar-refractivity contribution in [3.63, 3.8) is 0 Å². The first-order valence-electron chi connectivity index (χ1n) is 7.83. The van der Waals surface area contributed by atoms with Gasteiger partial charge in [-0.05, 0) is 45.7 Å². The number of sulfonamides is 1. The molecular weight excluding hydrogens is 286 g/mol. The number of hydrogen-bond donors (Lipinski definition) is 2. The van der Waals surface area contributed by atoms with Gasteiger partial charge in [0.15, 0.2) is 0 Å². The van der Waals surface area contributed by atoms with Gasteiger partial charge in [-0.25, -0.2) is 13.1 Å². The van der Waals surface area contributed by atoms with E-state index >= 15 is 0 Å². The maximum Gasteiger partial charge on any atom is 0.242 e. The van der Waals surface area contributed by atoms with Crippen LogP contribution in [0.25, 0.3) is 0 Å². The third kappa shape index (κ3) is 3.17. The predicted molar refractivity (Wildman–Crippen MR) is 82.7 cm³/mol. The molecule has 0 spiro atoms. The van der Waals surface area contributed by atoms with Gasteiger partial charge in [0.25, 0.3) is 0 Å². The lowest BCUT2D eigenvalue weighted by atomic mass is 10.0. The summed E-state index contributed by atoms with van der Waals surface area (Å²) < 4.78 is 30.4. The first-order chi connectivity index (χ1) is 9.93. The maximum atomic E-state index is 12.7. The topological polar surface area (TPSA) is 63.1 Å². The van der Waals surface area contributed by atoms with Crippen LogP contribution in [-0.2, 0) is 16.6 Å². The van der Waals surface area contributed by atoms with Crippen LogP contribution in [0.2, 0.25) is 0 Å². The van der Waals surface area contributed by atoms with Crippen LogP contribution in [0.15, 0.2) is 17.2 Å². The molecule has 118 valence electrons. The normalized spacial score (nSPS) is 21.8. The highest BCUT2D eigenvalue weighted by molar-refractivity contribution is 7.89. The summed E-state index contributed by atoms with van der Waals surface area (Å²) >= 11 is 0. The van der Waals surface area contributed by atoms with E-state index in [9.17, 15) is 8.42 Å². The number of nitrogens with one attached hydrogen (secondary N) is 2. The quantitative estimate of drug-likeness (QED) is 0.846. The van der Waals surface area contributed by atoms with E-state index in [0.717, 1.165) is 44.2 Å². The van der Waals surface area contributed by atoms with E-state index in [1.165, 1.54) is 0 Å². The molecule has 1 heterocycles. The maximum absolute atomic E-state index is 12.7. The molecular formula is C15H25N3O2S. The van der Waals surface area contributed by atoms with Crippen molar-refractivity contribution in [3.05, 3.63) is 18.0 Å². The monoisotopic (exact) mass is 311 g/mol. The average Bonchev–Trinajstić information content (AvgIpc) is 3.02. The molecule has 0 saturated heterocycles. The molecule has 2 N–H and O–H groups in total. The first-order valence-corrected chi connectivity index (χ1v) is 9.31. The Balaban J connectivity index is 1.86. The number of rotatable bonds is 6. The van der Waals surface area contributed by atoms with Crippen LogP contribution in [0.3, 0.4) is 0 Å². The van der Waals surface area contributed by atoms with Gasteiger partial charge >= 0.3 is 0 Å². The van der Waals surface area contributed by atoms with Crippen LogP contribution >= 0.6 is 0 Å². The highest BCUT2D eigenvalue weighted by Gasteiger charge is 2.35. The second-order valence-electron chi connectivity index (χ2n) is 6.71. The molecule has 0 amide bonds. The van der Waals surface area contributed by atoms with E-state index in [-0.39, 0.29) is 5.54 Å². The third-order valence-electron chi connectivity index (χ3n) is 4.60. The second kappa shape index (κ2) is 5.41. The zero-order valence-electron chi connectivity index (χ0n) is 12.9. The van der Waals surface area contributed by atoms with Gasteiger partial charge < -0.3 is 9.88 Å². The summed E-state index contributed by atoms with van der Waals surface area (Å²) in [6.07, 6.45) is 8.18. The van der Waals surface area contributed by atoms with Gasteiger partial charge in [0.1, 0.15) is 0 Å². The molecule has 0 radical (unpaired) electrons. The van der Waals surface area contributed by atoms with Crippen molar-refractivity contribution in [2.24, 2.45) is 0 Å². The Bertz CT molecular complexity index is 611. The molecule has 2 saturated carbocycles. The lowest BCUT2D eigenvalue weighted by Crippen LogP contribution is -2.43. The van der Waals surface area contributed by atoms with Crippen molar-refractivity contribution in [1.29, 1.82) is 0 Å². The smallest absolute Gasteiger partial charge is 0.242 e. The molecule has 0 aromatic carbocycles. The van der Waals surface area contributed by atoms with Crippen LogP contribution in [0.1, 0.15) is 57.2 Å². The summed E-state index contributed by atoms with van der Waals surface area (Å²) in [7, 11) is -1.54. The van der Waals surface area contributed by atoms with Crippen molar-refractivity contribution in [3.8, 4) is 0 Å². The molecule has 3 rings (SSSR count). The Morgan fingerprint density at radius 1 is 1.33 bits per heavy atom. The second-order valence-corrected chi connectivity index (χ2v) is 8.39. The summed E-state index contributed by atoms with van der Waals surface area (Å²) in [5.74, 6) is 0. The Labute approximate surface area is 127 Å². The zero-order valence-corrected chi connectivity index (χ0v) is 13.7. The van der Waals surface area contributed by atoms with E-state index < -0.39 is 10.0 Å². The van der Waals surface area contributed by atoms with Gasteiger partial charge in [0.05, 0.1) is 4.90 Å². The summed E-state index contributed by atoms with van der Waals surface area (Å²) in [6, 6.07) is 2.30. The van der Waals surface area contributed by atoms with E-state index in [0.29, 0.717) is 17.5 Å². The first kappa shape index (κ1) is 15.1. The molecule has 2 aliphatic rings. The van der Waals surface area contributed by atoms with Crippen molar-refractivity contribution in [1.82, 2.24) is 14.6 Å². The minimum Gasteiger partial charge on any atom is -0.346 e. The van der Waals surface area contributed by atoms with Gasteiger partial charge in [-0.1, -0.05) is 12.8 Å². The Morgan fingerprint density at radius 3 is 2.57 bits per heavy atom. The SMILES string of the molecule is CNCc1cc(S(=O)(=O)NC2(C)CCCC2)cn1C1CC1. The summed E-state index contributed by atoms with van der Waals surface area (Å²) in [5, 5.41) is 3.12. The fourth-order valence-corrected chi connectivity index (χ4v) is 4.81. The molecule has 2 fully saturated rings. The van der Waals surface area contributed by atoms with Crippen LogP contribution in [0.5, 0.6) is 0 Å². The van der Waals surface area contributed by atoms with Gasteiger partial charge in [0.2, 0.25) is 10.0 Å². The molecule has 0 unspecified atom stereocenters. The van der Waals surface area contributed by atoms with Crippen LogP contribution in [0.4, 0.5) is 0 Å². The number of nitrogens with zero attached hydrogens (tertiary/aromatic N) is 1. The number of aromatic nitrogens is 1. The Kier molecular flexibility index (Phi) is 3.88. The van der Waals surface area contributed by atoms with Gasteiger partial charge in [-0.2, -0.15) is 0 Å². The fourth-order valence-electron chi connectivity index (χ4n) is 3.30. The fraction of sp³-hybridized carbons (Fsp3) is 0.733. The molecule has 0 bridgehead atoms. The number of hydrogen-bond acceptors (Lipinski definition) is 3. The average molecular weight is 311 g/mol. The predicted octanol–water partition coefficient (Wildman–Crippen LogP) is 2.15. The van der Waals surface area contributed by atoms with Crippen molar-refractivity contribution in [2.45, 2.75) is 68.5 Å². The van der Waals surface area contributed by atoms with Crippen molar-refractivity contribution < 1.29 is 8.42 Å². The summed E-state index contributed by atoms with van der Waals surface area (Å²) in [5.41, 5.74) is 0.779. The molecule has 1 aromatic rings. The Morgan fingerprint density at radius 2 is 2.00 bits per heavy atom. The minimum atomic E-state index is -3.43. The third-order valence-corrected chi connectivity index (χ3v) is 6.21. The van der Waals surface area contributed by atoms with E-state index in [4.69, 9.17) is 0 Å². The van der Waals surface area contributed by atoms with Gasteiger partial charge in [-0.3, -0.25) is 0 Å². The molecule has 6 heteroatoms. The lowest BCUT2D eigenvalue weighted by Gasteiger charge is -2.24. The van der Waals surface area contributed by atoms with Crippen molar-refractivity contribution in [2.75, 3.05) is 7.05 Å². The lowest BCUT2D eigenvalue weighted by molar-refractivity contribution is 0.427. The van der Waals surface area contributed by atoms with E-state index in [1.54, 1.807) is 0 Å². The molecule has 0 atom stereocenters. The van der Waals surface area contributed by atoms with E-state index in [1.807, 2.05) is 26.2 Å². The van der Waals surface area contributed by atoms with Gasteiger partial charge in [-0.15, -0.1) is 0 Å². The molecule has 21 heavy (non-hydrogen) atoms. The van der Waals surface area contributed by atoms with Crippen LogP contribution < -0.4 is 10.0 Å². The highest BCUT2D eigenvalue weighted by Crippen LogP contribution is 2.38. The molecule has 2 aliphatic carbocycles. The molecule has 5 nitrogen and oxygen atoms in total. The van der Waals surface area contributed by atoms with Gasteiger partial charge in [0, 0.05) is 30.0 Å². The highest BCUT2D eigenvalue weighted by atomic mass is 32.2. The van der Waals surface area contributed by atoms with Crippen LogP contribution in [0, 0.1) is 0 Å². The van der Waals surface area contributed by atoms with Crippen LogP contribution in [-0.4, -0.2) is 25.6 Å². The van der Waals surface area contributed by atoms with E-state index in [2.05, 4.69) is 14.6 Å². The van der Waals surface area contributed by atoms with Crippen molar-refractivity contribution >= 4 is 10.0 Å². The summed E-state index contributed by atoms with van der Waals surface area (Å²) in [4.78, 5) is 0.410. The zero-order chi connectivity index (χ0) is 15.1. The standard InChI is InChI=1S/C15H25N3O2S/c1-15(7-3-4-8-15)17-21(19,20)14-9-13(10-16-2)18(11-14)12-5-6-12/h9,11-12,16-17H,3-8,10H2,1-2H3. The summed E-state index contributed by atoms with van der Waals surface area (Å²) in [6.45, 7) is 2.72. The molecule has 0 aliphatic heterocycles. The Hall–Kier alpha value is -0.850. The minimum absolute atomic E-state index is 0.274. The molecule has 1 aromatic heterocycles.